The normalized spacial score (nSPS) is 15.8. The first-order valence-electron chi connectivity index (χ1n) is 5.06. The molecule has 0 saturated carbocycles. The summed E-state index contributed by atoms with van der Waals surface area (Å²) in [5.41, 5.74) is 0. The molecular weight excluding hydrogens is 290 g/mol. The zero-order valence-corrected chi connectivity index (χ0v) is 12.0. The molecular formula is C11H16BrNO2S. The predicted octanol–water partition coefficient (Wildman–Crippen LogP) is 2.22. The van der Waals surface area contributed by atoms with Crippen LogP contribution in [-0.4, -0.2) is 26.8 Å². The molecule has 1 aromatic carbocycles. The third kappa shape index (κ3) is 2.84. The van der Waals surface area contributed by atoms with Crippen LogP contribution in [0.25, 0.3) is 0 Å². The molecule has 0 aliphatic heterocycles. The van der Waals surface area contributed by atoms with E-state index in [1.54, 1.807) is 32.2 Å². The van der Waals surface area contributed by atoms with Gasteiger partial charge in [0.05, 0.1) is 10.1 Å². The van der Waals surface area contributed by atoms with Gasteiger partial charge in [-0.1, -0.05) is 22.0 Å². The second kappa shape index (κ2) is 5.29. The van der Waals surface area contributed by atoms with E-state index in [9.17, 15) is 8.42 Å². The predicted molar refractivity (Wildman–Crippen MR) is 69.3 cm³/mol. The van der Waals surface area contributed by atoms with E-state index in [1.807, 2.05) is 13.0 Å². The van der Waals surface area contributed by atoms with Crippen LogP contribution in [-0.2, 0) is 9.84 Å². The molecule has 0 aliphatic carbocycles. The highest BCUT2D eigenvalue weighted by atomic mass is 79.9. The Labute approximate surface area is 105 Å². The van der Waals surface area contributed by atoms with Crippen molar-refractivity contribution < 1.29 is 8.42 Å². The van der Waals surface area contributed by atoms with Crippen molar-refractivity contribution in [2.24, 2.45) is 0 Å². The van der Waals surface area contributed by atoms with Crippen molar-refractivity contribution in [3.8, 4) is 0 Å². The maximum Gasteiger partial charge on any atom is 0.182 e. The van der Waals surface area contributed by atoms with Crippen LogP contribution in [0.15, 0.2) is 33.6 Å². The van der Waals surface area contributed by atoms with E-state index < -0.39 is 15.1 Å². The minimum Gasteiger partial charge on any atom is -0.316 e. The minimum absolute atomic E-state index is 0.0796. The lowest BCUT2D eigenvalue weighted by molar-refractivity contribution is 0.539. The van der Waals surface area contributed by atoms with Crippen LogP contribution in [0.4, 0.5) is 0 Å². The summed E-state index contributed by atoms with van der Waals surface area (Å²) in [6, 6.07) is 6.72. The summed E-state index contributed by atoms with van der Waals surface area (Å²) in [5.74, 6) is 0. The van der Waals surface area contributed by atoms with Crippen molar-refractivity contribution in [2.45, 2.75) is 30.0 Å². The Morgan fingerprint density at radius 2 is 1.94 bits per heavy atom. The highest BCUT2D eigenvalue weighted by Gasteiger charge is 2.27. The third-order valence-corrected chi connectivity index (χ3v) is 5.56. The monoisotopic (exact) mass is 305 g/mol. The number of hydrogen-bond donors (Lipinski definition) is 1. The van der Waals surface area contributed by atoms with Crippen molar-refractivity contribution in [1.82, 2.24) is 5.32 Å². The second-order valence-electron chi connectivity index (χ2n) is 3.78. The van der Waals surface area contributed by atoms with Crippen molar-refractivity contribution >= 4 is 25.8 Å². The number of sulfone groups is 1. The molecule has 0 heterocycles. The first kappa shape index (κ1) is 13.7. The molecule has 1 rings (SSSR count). The zero-order chi connectivity index (χ0) is 12.3. The molecule has 90 valence electrons. The van der Waals surface area contributed by atoms with Gasteiger partial charge < -0.3 is 5.32 Å². The largest absolute Gasteiger partial charge is 0.316 e. The average Bonchev–Trinajstić information content (AvgIpc) is 2.27. The Morgan fingerprint density at radius 1 is 1.31 bits per heavy atom. The summed E-state index contributed by atoms with van der Waals surface area (Å²) in [5, 5.41) is 2.51. The molecule has 1 N–H and O–H groups in total. The molecule has 2 atom stereocenters. The molecule has 0 fully saturated rings. The van der Waals surface area contributed by atoms with E-state index in [2.05, 4.69) is 21.2 Å². The SMILES string of the molecule is CNC(C)C(C)S(=O)(=O)c1cccc(Br)c1. The molecule has 0 spiro atoms. The number of benzene rings is 1. The van der Waals surface area contributed by atoms with Crippen molar-refractivity contribution in [3.05, 3.63) is 28.7 Å². The van der Waals surface area contributed by atoms with E-state index >= 15 is 0 Å². The van der Waals surface area contributed by atoms with Gasteiger partial charge in [0.15, 0.2) is 9.84 Å². The quantitative estimate of drug-likeness (QED) is 0.928. The van der Waals surface area contributed by atoms with Gasteiger partial charge in [-0.2, -0.15) is 0 Å². The molecule has 0 amide bonds. The lowest BCUT2D eigenvalue weighted by Gasteiger charge is -2.19. The standard InChI is InChI=1S/C11H16BrNO2S/c1-8(13-3)9(2)16(14,15)11-6-4-5-10(12)7-11/h4-9,13H,1-3H3. The van der Waals surface area contributed by atoms with E-state index in [-0.39, 0.29) is 6.04 Å². The minimum atomic E-state index is -3.27. The Balaban J connectivity index is 3.12. The van der Waals surface area contributed by atoms with Crippen LogP contribution >= 0.6 is 15.9 Å². The number of nitrogens with one attached hydrogen (secondary N) is 1. The van der Waals surface area contributed by atoms with Gasteiger partial charge in [0.25, 0.3) is 0 Å². The number of halogens is 1. The van der Waals surface area contributed by atoms with Gasteiger partial charge in [-0.25, -0.2) is 8.42 Å². The molecule has 1 aromatic rings. The highest BCUT2D eigenvalue weighted by Crippen LogP contribution is 2.21. The summed E-state index contributed by atoms with van der Waals surface area (Å²) in [6.45, 7) is 3.58. The summed E-state index contributed by atoms with van der Waals surface area (Å²) in [4.78, 5) is 0.358. The molecule has 16 heavy (non-hydrogen) atoms. The van der Waals surface area contributed by atoms with E-state index in [0.717, 1.165) is 4.47 Å². The highest BCUT2D eigenvalue weighted by molar-refractivity contribution is 9.10. The van der Waals surface area contributed by atoms with E-state index in [4.69, 9.17) is 0 Å². The van der Waals surface area contributed by atoms with Gasteiger partial charge in [0.1, 0.15) is 0 Å². The van der Waals surface area contributed by atoms with Crippen molar-refractivity contribution in [3.63, 3.8) is 0 Å². The molecule has 3 nitrogen and oxygen atoms in total. The molecule has 0 aliphatic rings. The maximum atomic E-state index is 12.2. The van der Waals surface area contributed by atoms with E-state index in [0.29, 0.717) is 4.90 Å². The fraction of sp³-hybridized carbons (Fsp3) is 0.455. The summed E-state index contributed by atoms with van der Waals surface area (Å²) in [6.07, 6.45) is 0. The Kier molecular flexibility index (Phi) is 4.52. The van der Waals surface area contributed by atoms with Gasteiger partial charge >= 0.3 is 0 Å². The smallest absolute Gasteiger partial charge is 0.182 e. The summed E-state index contributed by atoms with van der Waals surface area (Å²) < 4.78 is 25.2. The van der Waals surface area contributed by atoms with Crippen LogP contribution in [0.5, 0.6) is 0 Å². The summed E-state index contributed by atoms with van der Waals surface area (Å²) in [7, 11) is -1.50. The van der Waals surface area contributed by atoms with Gasteiger partial charge in [-0.15, -0.1) is 0 Å². The zero-order valence-electron chi connectivity index (χ0n) is 9.57. The molecule has 0 radical (unpaired) electrons. The van der Waals surface area contributed by atoms with Crippen molar-refractivity contribution in [2.75, 3.05) is 7.05 Å². The molecule has 0 aromatic heterocycles. The van der Waals surface area contributed by atoms with Gasteiger partial charge in [0, 0.05) is 10.5 Å². The lowest BCUT2D eigenvalue weighted by Crippen LogP contribution is -2.38. The van der Waals surface area contributed by atoms with E-state index in [1.165, 1.54) is 0 Å². The maximum absolute atomic E-state index is 12.2. The molecule has 0 bridgehead atoms. The topological polar surface area (TPSA) is 46.2 Å². The van der Waals surface area contributed by atoms with Gasteiger partial charge in [-0.3, -0.25) is 0 Å². The molecule has 0 saturated heterocycles. The molecule has 2 unspecified atom stereocenters. The average molecular weight is 306 g/mol. The number of hydrogen-bond acceptors (Lipinski definition) is 3. The van der Waals surface area contributed by atoms with Crippen molar-refractivity contribution in [1.29, 1.82) is 0 Å². The lowest BCUT2D eigenvalue weighted by atomic mass is 10.3. The first-order valence-corrected chi connectivity index (χ1v) is 7.40. The Morgan fingerprint density at radius 3 is 2.44 bits per heavy atom. The Bertz CT molecular complexity index is 459. The van der Waals surface area contributed by atoms with Crippen LogP contribution in [0.2, 0.25) is 0 Å². The number of rotatable bonds is 4. The van der Waals surface area contributed by atoms with Crippen LogP contribution in [0.3, 0.4) is 0 Å². The van der Waals surface area contributed by atoms with Gasteiger partial charge in [0.2, 0.25) is 0 Å². The second-order valence-corrected chi connectivity index (χ2v) is 7.01. The molecule has 5 heteroatoms. The third-order valence-electron chi connectivity index (χ3n) is 2.77. The van der Waals surface area contributed by atoms with Gasteiger partial charge in [-0.05, 0) is 39.1 Å². The fourth-order valence-electron chi connectivity index (χ4n) is 1.36. The first-order chi connectivity index (χ1) is 7.39. The summed E-state index contributed by atoms with van der Waals surface area (Å²) >= 11 is 3.28. The Hall–Kier alpha value is -0.390. The fourth-order valence-corrected chi connectivity index (χ4v) is 3.58. The van der Waals surface area contributed by atoms with Crippen LogP contribution in [0, 0.1) is 0 Å². The van der Waals surface area contributed by atoms with Crippen LogP contribution in [0.1, 0.15) is 13.8 Å². The van der Waals surface area contributed by atoms with Crippen LogP contribution < -0.4 is 5.32 Å².